The summed E-state index contributed by atoms with van der Waals surface area (Å²) in [5.74, 6) is -0.961. The standard InChI is InChI=1S/C9H7N2O3/c1-11(14)6-4-2-3-5-7(6)9(13)10-8(5)12/h2-4H,1H3,(H,10,12,13)/q-1. The van der Waals surface area contributed by atoms with E-state index in [-0.39, 0.29) is 16.8 Å². The summed E-state index contributed by atoms with van der Waals surface area (Å²) in [6.07, 6.45) is 0. The first kappa shape index (κ1) is 8.71. The molecule has 0 atom stereocenters. The lowest BCUT2D eigenvalue weighted by atomic mass is 10.1. The van der Waals surface area contributed by atoms with Gasteiger partial charge in [0, 0.05) is 5.69 Å². The van der Waals surface area contributed by atoms with Gasteiger partial charge in [0.05, 0.1) is 11.1 Å². The Labute approximate surface area is 79.9 Å². The number of anilines is 1. The minimum Gasteiger partial charge on any atom is -0.758 e. The number of amides is 2. The monoisotopic (exact) mass is 191 g/mol. The van der Waals surface area contributed by atoms with Gasteiger partial charge in [-0.25, -0.2) is 0 Å². The van der Waals surface area contributed by atoms with Gasteiger partial charge in [0.15, 0.2) is 0 Å². The Kier molecular flexibility index (Phi) is 1.75. The minimum absolute atomic E-state index is 0.162. The molecule has 14 heavy (non-hydrogen) atoms. The van der Waals surface area contributed by atoms with Crippen molar-refractivity contribution in [2.24, 2.45) is 0 Å². The zero-order valence-corrected chi connectivity index (χ0v) is 7.40. The highest BCUT2D eigenvalue weighted by Crippen LogP contribution is 2.26. The Morgan fingerprint density at radius 1 is 1.29 bits per heavy atom. The molecule has 0 fully saturated rings. The average molecular weight is 191 g/mol. The second-order valence-corrected chi connectivity index (χ2v) is 2.98. The molecule has 5 heteroatoms. The van der Waals surface area contributed by atoms with Crippen molar-refractivity contribution in [3.63, 3.8) is 0 Å². The SMILES string of the molecule is CN([O-])c1cccc2c1C(=O)NC2=O. The first-order valence-electron chi connectivity index (χ1n) is 4.01. The van der Waals surface area contributed by atoms with Gasteiger partial charge in [-0.1, -0.05) is 6.07 Å². The number of hydroxylamine groups is 1. The van der Waals surface area contributed by atoms with E-state index in [1.54, 1.807) is 6.07 Å². The van der Waals surface area contributed by atoms with Crippen LogP contribution in [0.25, 0.3) is 0 Å². The molecule has 0 radical (unpaired) electrons. The topological polar surface area (TPSA) is 72.5 Å². The van der Waals surface area contributed by atoms with Crippen LogP contribution < -0.4 is 10.4 Å². The molecule has 0 aliphatic carbocycles. The zero-order chi connectivity index (χ0) is 10.3. The van der Waals surface area contributed by atoms with E-state index in [0.717, 1.165) is 0 Å². The highest BCUT2D eigenvalue weighted by atomic mass is 16.5. The molecule has 0 spiro atoms. The number of benzene rings is 1. The summed E-state index contributed by atoms with van der Waals surface area (Å²) in [7, 11) is 1.28. The van der Waals surface area contributed by atoms with Gasteiger partial charge in [-0.2, -0.15) is 0 Å². The Balaban J connectivity index is 2.68. The summed E-state index contributed by atoms with van der Waals surface area (Å²) in [4.78, 5) is 22.5. The third-order valence-corrected chi connectivity index (χ3v) is 2.08. The van der Waals surface area contributed by atoms with Crippen molar-refractivity contribution in [2.75, 3.05) is 12.1 Å². The van der Waals surface area contributed by atoms with Crippen LogP contribution in [0.1, 0.15) is 20.7 Å². The Morgan fingerprint density at radius 3 is 2.64 bits per heavy atom. The van der Waals surface area contributed by atoms with E-state index in [1.165, 1.54) is 19.2 Å². The van der Waals surface area contributed by atoms with Gasteiger partial charge in [-0.3, -0.25) is 14.9 Å². The van der Waals surface area contributed by atoms with E-state index in [1.807, 2.05) is 0 Å². The summed E-state index contributed by atoms with van der Waals surface area (Å²) in [5, 5.41) is 13.8. The molecule has 2 amide bonds. The molecule has 0 bridgehead atoms. The maximum absolute atomic E-state index is 11.3. The fraction of sp³-hybridized carbons (Fsp3) is 0.111. The molecule has 1 N–H and O–H groups in total. The van der Waals surface area contributed by atoms with Crippen LogP contribution in [0.4, 0.5) is 5.69 Å². The summed E-state index contributed by atoms with van der Waals surface area (Å²) in [5.41, 5.74) is 0.635. The molecule has 0 saturated carbocycles. The average Bonchev–Trinajstić information content (AvgIpc) is 2.43. The van der Waals surface area contributed by atoms with Crippen LogP contribution in [0.15, 0.2) is 18.2 Å². The number of carbonyl (C=O) groups is 2. The van der Waals surface area contributed by atoms with E-state index in [9.17, 15) is 14.8 Å². The molecule has 2 rings (SSSR count). The van der Waals surface area contributed by atoms with Crippen LogP contribution in [-0.2, 0) is 0 Å². The van der Waals surface area contributed by atoms with Crippen molar-refractivity contribution in [3.8, 4) is 0 Å². The van der Waals surface area contributed by atoms with Crippen LogP contribution in [0.3, 0.4) is 0 Å². The molecule has 0 saturated heterocycles. The normalized spacial score (nSPS) is 13.9. The molecule has 1 aromatic rings. The third-order valence-electron chi connectivity index (χ3n) is 2.08. The lowest BCUT2D eigenvalue weighted by Gasteiger charge is -2.26. The largest absolute Gasteiger partial charge is 0.758 e. The summed E-state index contributed by atoms with van der Waals surface area (Å²) < 4.78 is 0. The van der Waals surface area contributed by atoms with Crippen LogP contribution in [-0.4, -0.2) is 18.9 Å². The number of hydrogen-bond donors (Lipinski definition) is 1. The fourth-order valence-electron chi connectivity index (χ4n) is 1.46. The number of rotatable bonds is 1. The van der Waals surface area contributed by atoms with E-state index in [0.29, 0.717) is 5.06 Å². The highest BCUT2D eigenvalue weighted by Gasteiger charge is 2.28. The van der Waals surface area contributed by atoms with E-state index in [2.05, 4.69) is 5.32 Å². The van der Waals surface area contributed by atoms with E-state index >= 15 is 0 Å². The number of carbonyl (C=O) groups excluding carboxylic acids is 2. The third kappa shape index (κ3) is 1.06. The summed E-state index contributed by atoms with van der Waals surface area (Å²) >= 11 is 0. The van der Waals surface area contributed by atoms with Gasteiger partial charge in [-0.15, -0.1) is 0 Å². The van der Waals surface area contributed by atoms with Gasteiger partial charge < -0.3 is 10.3 Å². The van der Waals surface area contributed by atoms with Gasteiger partial charge in [-0.05, 0) is 19.2 Å². The maximum atomic E-state index is 11.3. The Hall–Kier alpha value is -1.88. The predicted molar refractivity (Wildman–Crippen MR) is 50.0 cm³/mol. The molecule has 72 valence electrons. The number of nitrogens with one attached hydrogen (secondary N) is 1. The number of fused-ring (bicyclic) bond motifs is 1. The van der Waals surface area contributed by atoms with Crippen molar-refractivity contribution in [2.45, 2.75) is 0 Å². The van der Waals surface area contributed by atoms with Crippen LogP contribution >= 0.6 is 0 Å². The lowest BCUT2D eigenvalue weighted by Crippen LogP contribution is -2.20. The molecular formula is C9H7N2O3-. The quantitative estimate of drug-likeness (QED) is 0.518. The first-order valence-corrected chi connectivity index (χ1v) is 4.01. The number of imide groups is 1. The molecule has 1 aromatic carbocycles. The molecule has 1 aliphatic rings. The van der Waals surface area contributed by atoms with Crippen molar-refractivity contribution in [1.82, 2.24) is 5.32 Å². The van der Waals surface area contributed by atoms with Crippen molar-refractivity contribution in [3.05, 3.63) is 34.5 Å². The van der Waals surface area contributed by atoms with Gasteiger partial charge >= 0.3 is 0 Å². The zero-order valence-electron chi connectivity index (χ0n) is 7.40. The smallest absolute Gasteiger partial charge is 0.261 e. The second kappa shape index (κ2) is 2.81. The molecule has 5 nitrogen and oxygen atoms in total. The van der Waals surface area contributed by atoms with Crippen LogP contribution in [0.2, 0.25) is 0 Å². The maximum Gasteiger partial charge on any atom is 0.261 e. The molecule has 1 aliphatic heterocycles. The van der Waals surface area contributed by atoms with Gasteiger partial charge in [0.25, 0.3) is 11.8 Å². The van der Waals surface area contributed by atoms with Crippen molar-refractivity contribution < 1.29 is 9.59 Å². The second-order valence-electron chi connectivity index (χ2n) is 2.98. The van der Waals surface area contributed by atoms with Crippen LogP contribution in [0, 0.1) is 5.21 Å². The molecule has 1 heterocycles. The Bertz CT molecular complexity index is 426. The molecule has 0 aromatic heterocycles. The summed E-state index contributed by atoms with van der Waals surface area (Å²) in [6.45, 7) is 0. The Morgan fingerprint density at radius 2 is 2.00 bits per heavy atom. The first-order chi connectivity index (χ1) is 6.61. The van der Waals surface area contributed by atoms with E-state index < -0.39 is 11.8 Å². The molecular weight excluding hydrogens is 184 g/mol. The highest BCUT2D eigenvalue weighted by molar-refractivity contribution is 6.23. The van der Waals surface area contributed by atoms with Crippen LogP contribution in [0.5, 0.6) is 0 Å². The number of hydrogen-bond acceptors (Lipinski definition) is 4. The lowest BCUT2D eigenvalue weighted by molar-refractivity contribution is 0.0880. The summed E-state index contributed by atoms with van der Waals surface area (Å²) in [6, 6.07) is 4.59. The van der Waals surface area contributed by atoms with Gasteiger partial charge in [0.2, 0.25) is 0 Å². The van der Waals surface area contributed by atoms with Crippen molar-refractivity contribution in [1.29, 1.82) is 0 Å². The van der Waals surface area contributed by atoms with Gasteiger partial charge in [0.1, 0.15) is 0 Å². The van der Waals surface area contributed by atoms with E-state index in [4.69, 9.17) is 0 Å². The molecule has 0 unspecified atom stereocenters. The number of nitrogens with zero attached hydrogens (tertiary/aromatic N) is 1. The predicted octanol–water partition coefficient (Wildman–Crippen LogP) is 0.504. The van der Waals surface area contributed by atoms with Crippen molar-refractivity contribution >= 4 is 17.5 Å². The minimum atomic E-state index is -0.511. The fourth-order valence-corrected chi connectivity index (χ4v) is 1.46.